The van der Waals surface area contributed by atoms with E-state index in [9.17, 15) is 14.4 Å². The van der Waals surface area contributed by atoms with Gasteiger partial charge in [-0.2, -0.15) is 0 Å². The smallest absolute Gasteiger partial charge is 0.331 e. The number of fused-ring (bicyclic) bond motifs is 1. The maximum atomic E-state index is 11.7. The number of allylic oxidation sites excluding steroid dienone is 1. The molecule has 0 radical (unpaired) electrons. The quantitative estimate of drug-likeness (QED) is 0.376. The van der Waals surface area contributed by atoms with Crippen molar-refractivity contribution in [2.45, 2.75) is 37.3 Å². The first-order chi connectivity index (χ1) is 11.4. The van der Waals surface area contributed by atoms with Gasteiger partial charge in [0.15, 0.2) is 12.2 Å². The Bertz CT molecular complexity index is 553. The van der Waals surface area contributed by atoms with Crippen molar-refractivity contribution in [2.24, 2.45) is 0 Å². The van der Waals surface area contributed by atoms with Gasteiger partial charge < -0.3 is 29.2 Å². The number of carbonyl (C=O) groups is 3. The Labute approximate surface area is 137 Å². The lowest BCUT2D eigenvalue weighted by Gasteiger charge is -2.17. The van der Waals surface area contributed by atoms with Gasteiger partial charge in [0.1, 0.15) is 12.2 Å². The van der Waals surface area contributed by atoms with Crippen LogP contribution in [-0.4, -0.2) is 65.8 Å². The van der Waals surface area contributed by atoms with Gasteiger partial charge in [-0.25, -0.2) is 9.59 Å². The number of aliphatic hydroxyl groups excluding tert-OH is 1. The fourth-order valence-electron chi connectivity index (χ4n) is 2.43. The van der Waals surface area contributed by atoms with Crippen molar-refractivity contribution in [1.29, 1.82) is 0 Å². The van der Waals surface area contributed by atoms with Crippen LogP contribution in [0.4, 0.5) is 0 Å². The van der Waals surface area contributed by atoms with E-state index in [0.717, 1.165) is 6.08 Å². The highest BCUT2D eigenvalue weighted by atomic mass is 16.7. The average molecular weight is 342 g/mol. The molecule has 0 aliphatic carbocycles. The first-order valence-electron chi connectivity index (χ1n) is 7.28. The number of carboxylic acid groups (broad SMARTS) is 1. The molecule has 2 saturated heterocycles. The van der Waals surface area contributed by atoms with Crippen molar-refractivity contribution in [3.05, 3.63) is 24.5 Å². The Balaban J connectivity index is 1.83. The van der Waals surface area contributed by atoms with Crippen molar-refractivity contribution in [2.75, 3.05) is 13.2 Å². The lowest BCUT2D eigenvalue weighted by Crippen LogP contribution is -2.35. The standard InChI is InChI=1S/C15H18O9/c1-8(16)2-4-12(19)23-9-6-21-15-10(7-22-14(9)15)24-13(20)5-3-11(17)18/h3,5,9-10,14-16H,1-2,4,6-7H2,(H,17,18)/b5-3+/t9-,10-,14+,15+/m0/s1. The van der Waals surface area contributed by atoms with Crippen LogP contribution >= 0.6 is 0 Å². The molecule has 0 aromatic heterocycles. The zero-order chi connectivity index (χ0) is 17.7. The van der Waals surface area contributed by atoms with Gasteiger partial charge in [0.25, 0.3) is 0 Å². The molecule has 2 heterocycles. The molecule has 0 aromatic carbocycles. The molecule has 2 fully saturated rings. The Hall–Kier alpha value is -2.39. The van der Waals surface area contributed by atoms with Gasteiger partial charge >= 0.3 is 17.9 Å². The van der Waals surface area contributed by atoms with Crippen LogP contribution in [0.25, 0.3) is 0 Å². The summed E-state index contributed by atoms with van der Waals surface area (Å²) in [5.74, 6) is -2.71. The molecular formula is C15H18O9. The average Bonchev–Trinajstić information content (AvgIpc) is 3.07. The second kappa shape index (κ2) is 7.93. The number of carbonyl (C=O) groups excluding carboxylic acids is 2. The second-order valence-corrected chi connectivity index (χ2v) is 5.34. The molecule has 2 aliphatic heterocycles. The fourth-order valence-corrected chi connectivity index (χ4v) is 2.43. The summed E-state index contributed by atoms with van der Waals surface area (Å²) < 4.78 is 21.3. The molecule has 9 nitrogen and oxygen atoms in total. The van der Waals surface area contributed by atoms with E-state index >= 15 is 0 Å². The maximum Gasteiger partial charge on any atom is 0.331 e. The minimum absolute atomic E-state index is 0.0123. The predicted octanol–water partition coefficient (Wildman–Crippen LogP) is 0.100. The first kappa shape index (κ1) is 18.0. The zero-order valence-electron chi connectivity index (χ0n) is 12.8. The molecular weight excluding hydrogens is 324 g/mol. The third-order valence-electron chi connectivity index (χ3n) is 3.49. The van der Waals surface area contributed by atoms with Crippen LogP contribution in [0.3, 0.4) is 0 Å². The predicted molar refractivity (Wildman–Crippen MR) is 77.0 cm³/mol. The van der Waals surface area contributed by atoms with Gasteiger partial charge in [0.2, 0.25) is 0 Å². The summed E-state index contributed by atoms with van der Waals surface area (Å²) in [6.45, 7) is 3.44. The number of aliphatic hydroxyl groups is 1. The van der Waals surface area contributed by atoms with Crippen molar-refractivity contribution >= 4 is 17.9 Å². The van der Waals surface area contributed by atoms with E-state index in [1.165, 1.54) is 0 Å². The minimum Gasteiger partial charge on any atom is -0.513 e. The van der Waals surface area contributed by atoms with E-state index in [1.807, 2.05) is 0 Å². The molecule has 24 heavy (non-hydrogen) atoms. The number of aliphatic carboxylic acids is 1. The molecule has 2 aliphatic rings. The van der Waals surface area contributed by atoms with E-state index in [4.69, 9.17) is 29.2 Å². The summed E-state index contributed by atoms with van der Waals surface area (Å²) in [6.07, 6.45) is -0.923. The number of hydrogen-bond donors (Lipinski definition) is 2. The summed E-state index contributed by atoms with van der Waals surface area (Å²) in [4.78, 5) is 33.5. The number of hydrogen-bond acceptors (Lipinski definition) is 8. The topological polar surface area (TPSA) is 129 Å². The molecule has 0 saturated carbocycles. The normalized spacial score (nSPS) is 28.5. The highest BCUT2D eigenvalue weighted by Crippen LogP contribution is 2.31. The Kier molecular flexibility index (Phi) is 5.93. The molecule has 2 N–H and O–H groups in total. The third-order valence-corrected chi connectivity index (χ3v) is 3.49. The van der Waals surface area contributed by atoms with E-state index in [-0.39, 0.29) is 31.8 Å². The fraction of sp³-hybridized carbons (Fsp3) is 0.533. The van der Waals surface area contributed by atoms with Crippen LogP contribution in [-0.2, 0) is 33.3 Å². The zero-order valence-corrected chi connectivity index (χ0v) is 12.8. The Morgan fingerprint density at radius 2 is 1.58 bits per heavy atom. The van der Waals surface area contributed by atoms with E-state index in [0.29, 0.717) is 6.08 Å². The molecule has 0 amide bonds. The lowest BCUT2D eigenvalue weighted by atomic mass is 10.1. The molecule has 132 valence electrons. The molecule has 0 unspecified atom stereocenters. The molecule has 0 bridgehead atoms. The first-order valence-corrected chi connectivity index (χ1v) is 7.28. The Morgan fingerprint density at radius 1 is 1.00 bits per heavy atom. The summed E-state index contributed by atoms with van der Waals surface area (Å²) in [6, 6.07) is 0. The van der Waals surface area contributed by atoms with Gasteiger partial charge in [-0.1, -0.05) is 6.58 Å². The highest BCUT2D eigenvalue weighted by molar-refractivity contribution is 5.90. The van der Waals surface area contributed by atoms with Gasteiger partial charge in [0, 0.05) is 18.6 Å². The number of rotatable bonds is 7. The second-order valence-electron chi connectivity index (χ2n) is 5.34. The van der Waals surface area contributed by atoms with Gasteiger partial charge in [-0.15, -0.1) is 0 Å². The molecule has 9 heteroatoms. The highest BCUT2D eigenvalue weighted by Gasteiger charge is 2.51. The van der Waals surface area contributed by atoms with Crippen LogP contribution in [0, 0.1) is 0 Å². The minimum atomic E-state index is -1.26. The van der Waals surface area contributed by atoms with Crippen LogP contribution < -0.4 is 0 Å². The SMILES string of the molecule is C=C(O)CCC(=O)O[C@H]1CO[C@H]2[C@@H]1OC[C@@H]2OC(=O)/C=C/C(=O)O. The van der Waals surface area contributed by atoms with Crippen molar-refractivity contribution < 1.29 is 43.5 Å². The summed E-state index contributed by atoms with van der Waals surface area (Å²) in [5.41, 5.74) is 0. The third kappa shape index (κ3) is 4.80. The van der Waals surface area contributed by atoms with E-state index < -0.39 is 42.3 Å². The number of esters is 2. The molecule has 0 aromatic rings. The lowest BCUT2D eigenvalue weighted by molar-refractivity contribution is -0.154. The van der Waals surface area contributed by atoms with Crippen molar-refractivity contribution in [3.63, 3.8) is 0 Å². The van der Waals surface area contributed by atoms with E-state index in [1.54, 1.807) is 0 Å². The number of ether oxygens (including phenoxy) is 4. The molecule has 4 atom stereocenters. The molecule has 0 spiro atoms. The van der Waals surface area contributed by atoms with Crippen LogP contribution in [0.15, 0.2) is 24.5 Å². The number of carboxylic acids is 1. The molecule has 2 rings (SSSR count). The monoisotopic (exact) mass is 342 g/mol. The largest absolute Gasteiger partial charge is 0.513 e. The van der Waals surface area contributed by atoms with Crippen LogP contribution in [0.5, 0.6) is 0 Å². The van der Waals surface area contributed by atoms with Gasteiger partial charge in [0.05, 0.1) is 25.4 Å². The Morgan fingerprint density at radius 3 is 2.12 bits per heavy atom. The summed E-state index contributed by atoms with van der Waals surface area (Å²) in [7, 11) is 0. The summed E-state index contributed by atoms with van der Waals surface area (Å²) in [5, 5.41) is 17.4. The van der Waals surface area contributed by atoms with E-state index in [2.05, 4.69) is 6.58 Å². The van der Waals surface area contributed by atoms with Crippen molar-refractivity contribution in [1.82, 2.24) is 0 Å². The van der Waals surface area contributed by atoms with Crippen LogP contribution in [0.1, 0.15) is 12.8 Å². The maximum absolute atomic E-state index is 11.7. The van der Waals surface area contributed by atoms with Gasteiger partial charge in [-0.3, -0.25) is 4.79 Å². The van der Waals surface area contributed by atoms with Gasteiger partial charge in [-0.05, 0) is 0 Å². The van der Waals surface area contributed by atoms with Crippen molar-refractivity contribution in [3.8, 4) is 0 Å². The summed E-state index contributed by atoms with van der Waals surface area (Å²) >= 11 is 0. The van der Waals surface area contributed by atoms with Crippen LogP contribution in [0.2, 0.25) is 0 Å².